The minimum absolute atomic E-state index is 0.608. The van der Waals surface area contributed by atoms with E-state index in [1.165, 1.54) is 22.7 Å². The van der Waals surface area contributed by atoms with Crippen molar-refractivity contribution in [3.05, 3.63) is 16.1 Å². The molecule has 0 radical (unpaired) electrons. The molecule has 1 saturated heterocycles. The molecule has 1 N–H and O–H groups in total. The van der Waals surface area contributed by atoms with E-state index in [-0.39, 0.29) is 0 Å². The molecular formula is C12H20N2OS. The lowest BCUT2D eigenvalue weighted by molar-refractivity contribution is 0.142. The fourth-order valence-corrected chi connectivity index (χ4v) is 2.75. The lowest BCUT2D eigenvalue weighted by atomic mass is 10.1. The van der Waals surface area contributed by atoms with Gasteiger partial charge in [-0.05, 0) is 25.7 Å². The summed E-state index contributed by atoms with van der Waals surface area (Å²) in [6, 6.07) is 0.608. The van der Waals surface area contributed by atoms with Gasteiger partial charge in [-0.25, -0.2) is 4.98 Å². The Morgan fingerprint density at radius 3 is 3.25 bits per heavy atom. The van der Waals surface area contributed by atoms with E-state index in [1.807, 2.05) is 17.5 Å². The highest BCUT2D eigenvalue weighted by atomic mass is 32.1. The highest BCUT2D eigenvalue weighted by Gasteiger charge is 2.12. The smallest absolute Gasteiger partial charge is 0.107 e. The van der Waals surface area contributed by atoms with Crippen molar-refractivity contribution in [1.82, 2.24) is 10.3 Å². The Balaban J connectivity index is 1.77. The van der Waals surface area contributed by atoms with Gasteiger partial charge in [0.05, 0.1) is 0 Å². The first-order valence-corrected chi connectivity index (χ1v) is 6.95. The first-order chi connectivity index (χ1) is 7.88. The Bertz CT molecular complexity index is 306. The lowest BCUT2D eigenvalue weighted by Crippen LogP contribution is -2.28. The van der Waals surface area contributed by atoms with Crippen molar-refractivity contribution in [3.8, 4) is 0 Å². The normalized spacial score (nSPS) is 21.9. The highest BCUT2D eigenvalue weighted by molar-refractivity contribution is 7.11. The van der Waals surface area contributed by atoms with E-state index >= 15 is 0 Å². The van der Waals surface area contributed by atoms with Crippen LogP contribution in [0.4, 0.5) is 0 Å². The Hall–Kier alpha value is -0.450. The SMILES string of the molecule is CCc1cnc(CNC2CCCOCC2)s1. The Morgan fingerprint density at radius 1 is 1.50 bits per heavy atom. The summed E-state index contributed by atoms with van der Waals surface area (Å²) in [6.07, 6.45) is 6.63. The lowest BCUT2D eigenvalue weighted by Gasteiger charge is -2.14. The zero-order valence-electron chi connectivity index (χ0n) is 9.87. The number of thiazole rings is 1. The van der Waals surface area contributed by atoms with Crippen LogP contribution in [0.15, 0.2) is 6.20 Å². The largest absolute Gasteiger partial charge is 0.381 e. The Morgan fingerprint density at radius 2 is 2.44 bits per heavy atom. The molecule has 1 aliphatic rings. The summed E-state index contributed by atoms with van der Waals surface area (Å²) in [5.74, 6) is 0. The van der Waals surface area contributed by atoms with Crippen molar-refractivity contribution in [1.29, 1.82) is 0 Å². The van der Waals surface area contributed by atoms with Crippen LogP contribution in [0.5, 0.6) is 0 Å². The molecule has 3 nitrogen and oxygen atoms in total. The highest BCUT2D eigenvalue weighted by Crippen LogP contribution is 2.14. The first-order valence-electron chi connectivity index (χ1n) is 6.13. The second-order valence-corrected chi connectivity index (χ2v) is 5.39. The molecule has 1 aromatic heterocycles. The van der Waals surface area contributed by atoms with Crippen LogP contribution in [0.1, 0.15) is 36.1 Å². The summed E-state index contributed by atoms with van der Waals surface area (Å²) in [5.41, 5.74) is 0. The summed E-state index contributed by atoms with van der Waals surface area (Å²) in [6.45, 7) is 4.91. The van der Waals surface area contributed by atoms with Gasteiger partial charge in [-0.15, -0.1) is 11.3 Å². The fraction of sp³-hybridized carbons (Fsp3) is 0.750. The van der Waals surface area contributed by atoms with Gasteiger partial charge in [0, 0.05) is 36.9 Å². The standard InChI is InChI=1S/C12H20N2OS/c1-2-11-8-14-12(16-11)9-13-10-4-3-6-15-7-5-10/h8,10,13H,2-7,9H2,1H3. The van der Waals surface area contributed by atoms with E-state index in [9.17, 15) is 0 Å². The molecule has 90 valence electrons. The number of rotatable bonds is 4. The van der Waals surface area contributed by atoms with E-state index in [1.54, 1.807) is 0 Å². The number of ether oxygens (including phenoxy) is 1. The monoisotopic (exact) mass is 240 g/mol. The maximum atomic E-state index is 5.45. The van der Waals surface area contributed by atoms with Crippen LogP contribution in [0.25, 0.3) is 0 Å². The summed E-state index contributed by atoms with van der Waals surface area (Å²) in [7, 11) is 0. The van der Waals surface area contributed by atoms with E-state index in [0.29, 0.717) is 6.04 Å². The van der Waals surface area contributed by atoms with E-state index < -0.39 is 0 Å². The molecule has 2 rings (SSSR count). The number of nitrogens with one attached hydrogen (secondary N) is 1. The Kier molecular flexibility index (Phi) is 4.75. The predicted octanol–water partition coefficient (Wildman–Crippen LogP) is 2.36. The van der Waals surface area contributed by atoms with Gasteiger partial charge in [0.15, 0.2) is 0 Å². The number of aryl methyl sites for hydroxylation is 1. The minimum atomic E-state index is 0.608. The van der Waals surface area contributed by atoms with Crippen LogP contribution in [0.2, 0.25) is 0 Å². The average molecular weight is 240 g/mol. The Labute approximate surface area is 101 Å². The molecule has 0 aliphatic carbocycles. The van der Waals surface area contributed by atoms with Gasteiger partial charge in [-0.3, -0.25) is 0 Å². The molecule has 1 unspecified atom stereocenters. The molecule has 0 amide bonds. The maximum Gasteiger partial charge on any atom is 0.107 e. The van der Waals surface area contributed by atoms with Crippen LogP contribution in [-0.4, -0.2) is 24.2 Å². The second kappa shape index (κ2) is 6.33. The number of aromatic nitrogens is 1. The van der Waals surface area contributed by atoms with E-state index in [0.717, 1.165) is 32.6 Å². The molecule has 0 aromatic carbocycles. The van der Waals surface area contributed by atoms with Crippen LogP contribution in [0.3, 0.4) is 0 Å². The molecule has 1 aliphatic heterocycles. The van der Waals surface area contributed by atoms with Crippen molar-refractivity contribution in [2.45, 2.75) is 45.2 Å². The van der Waals surface area contributed by atoms with Crippen LogP contribution >= 0.6 is 11.3 Å². The van der Waals surface area contributed by atoms with Crippen LogP contribution in [-0.2, 0) is 17.7 Å². The van der Waals surface area contributed by atoms with E-state index in [2.05, 4.69) is 17.2 Å². The predicted molar refractivity (Wildman–Crippen MR) is 66.8 cm³/mol. The van der Waals surface area contributed by atoms with Gasteiger partial charge in [-0.2, -0.15) is 0 Å². The molecule has 1 atom stereocenters. The second-order valence-electron chi connectivity index (χ2n) is 4.19. The van der Waals surface area contributed by atoms with Crippen molar-refractivity contribution < 1.29 is 4.74 Å². The number of hydrogen-bond donors (Lipinski definition) is 1. The van der Waals surface area contributed by atoms with Gasteiger partial charge < -0.3 is 10.1 Å². The first kappa shape index (κ1) is 12.0. The third-order valence-electron chi connectivity index (χ3n) is 2.94. The summed E-state index contributed by atoms with van der Waals surface area (Å²) < 4.78 is 5.45. The zero-order valence-corrected chi connectivity index (χ0v) is 10.7. The number of nitrogens with zero attached hydrogens (tertiary/aromatic N) is 1. The van der Waals surface area contributed by atoms with Crippen molar-refractivity contribution in [2.75, 3.05) is 13.2 Å². The van der Waals surface area contributed by atoms with Gasteiger partial charge in [0.1, 0.15) is 5.01 Å². The van der Waals surface area contributed by atoms with Crippen LogP contribution < -0.4 is 5.32 Å². The van der Waals surface area contributed by atoms with E-state index in [4.69, 9.17) is 4.74 Å². The quantitative estimate of drug-likeness (QED) is 0.877. The number of hydrogen-bond acceptors (Lipinski definition) is 4. The third-order valence-corrected chi connectivity index (χ3v) is 4.09. The van der Waals surface area contributed by atoms with Gasteiger partial charge in [-0.1, -0.05) is 6.92 Å². The van der Waals surface area contributed by atoms with Gasteiger partial charge >= 0.3 is 0 Å². The maximum absolute atomic E-state index is 5.45. The molecule has 1 fully saturated rings. The van der Waals surface area contributed by atoms with Crippen molar-refractivity contribution in [3.63, 3.8) is 0 Å². The molecule has 2 heterocycles. The molecule has 0 spiro atoms. The summed E-state index contributed by atoms with van der Waals surface area (Å²) >= 11 is 1.82. The fourth-order valence-electron chi connectivity index (χ4n) is 1.93. The third kappa shape index (κ3) is 3.54. The molecular weight excluding hydrogens is 220 g/mol. The molecule has 16 heavy (non-hydrogen) atoms. The molecule has 0 saturated carbocycles. The minimum Gasteiger partial charge on any atom is -0.381 e. The zero-order chi connectivity index (χ0) is 11.2. The van der Waals surface area contributed by atoms with Gasteiger partial charge in [0.25, 0.3) is 0 Å². The average Bonchev–Trinajstić information content (AvgIpc) is 2.61. The molecule has 0 bridgehead atoms. The molecule has 4 heteroatoms. The van der Waals surface area contributed by atoms with Crippen LogP contribution in [0, 0.1) is 0 Å². The summed E-state index contributed by atoms with van der Waals surface area (Å²) in [4.78, 5) is 5.80. The van der Waals surface area contributed by atoms with Gasteiger partial charge in [0.2, 0.25) is 0 Å². The van der Waals surface area contributed by atoms with Crippen molar-refractivity contribution >= 4 is 11.3 Å². The summed E-state index contributed by atoms with van der Waals surface area (Å²) in [5, 5.41) is 4.79. The topological polar surface area (TPSA) is 34.2 Å². The molecule has 1 aromatic rings. The van der Waals surface area contributed by atoms with Crippen molar-refractivity contribution in [2.24, 2.45) is 0 Å².